The number of carbonyl (C=O) groups is 1. The number of carbonyl (C=O) groups excluding carboxylic acids is 1. The second-order valence-corrected chi connectivity index (χ2v) is 9.16. The average Bonchev–Trinajstić information content (AvgIpc) is 3.17. The lowest BCUT2D eigenvalue weighted by atomic mass is 10.0. The number of para-hydroxylation sites is 1. The molecule has 5 rings (SSSR count). The number of ether oxygens (including phenoxy) is 1. The minimum absolute atomic E-state index is 0.0434. The molecule has 1 saturated heterocycles. The predicted molar refractivity (Wildman–Crippen MR) is 128 cm³/mol. The Balaban J connectivity index is 1.44. The van der Waals surface area contributed by atoms with Crippen LogP contribution in [0.4, 0.5) is 0 Å². The maximum absolute atomic E-state index is 13.3. The van der Waals surface area contributed by atoms with Crippen molar-refractivity contribution in [2.24, 2.45) is 0 Å². The summed E-state index contributed by atoms with van der Waals surface area (Å²) in [5.41, 5.74) is 4.96. The first-order chi connectivity index (χ1) is 15.9. The van der Waals surface area contributed by atoms with Crippen molar-refractivity contribution in [3.8, 4) is 11.4 Å². The number of piperazine rings is 1. The van der Waals surface area contributed by atoms with Gasteiger partial charge in [0, 0.05) is 48.3 Å². The SMILES string of the molecule is CCC(OC(=O)CN1CCN(C)CC1)c1cc2n(c(=O)c1C)Cc1cc3ccccc3nc1-2. The summed E-state index contributed by atoms with van der Waals surface area (Å²) in [6.07, 6.45) is 0.156. The van der Waals surface area contributed by atoms with E-state index in [0.717, 1.165) is 59.6 Å². The Morgan fingerprint density at radius 2 is 1.91 bits per heavy atom. The highest BCUT2D eigenvalue weighted by Crippen LogP contribution is 2.34. The molecule has 0 N–H and O–H groups in total. The first kappa shape index (κ1) is 21.8. The molecule has 0 radical (unpaired) electrons. The number of pyridine rings is 2. The summed E-state index contributed by atoms with van der Waals surface area (Å²) in [5, 5.41) is 1.07. The number of hydrogen-bond acceptors (Lipinski definition) is 6. The van der Waals surface area contributed by atoms with Gasteiger partial charge in [-0.1, -0.05) is 25.1 Å². The van der Waals surface area contributed by atoms with E-state index in [1.165, 1.54) is 0 Å². The molecule has 0 aliphatic carbocycles. The molecule has 3 aromatic rings. The first-order valence-corrected chi connectivity index (χ1v) is 11.7. The summed E-state index contributed by atoms with van der Waals surface area (Å²) in [6, 6.07) is 12.1. The largest absolute Gasteiger partial charge is 0.457 e. The van der Waals surface area contributed by atoms with Crippen LogP contribution >= 0.6 is 0 Å². The molecule has 2 aliphatic rings. The van der Waals surface area contributed by atoms with Gasteiger partial charge in [-0.2, -0.15) is 0 Å². The second-order valence-electron chi connectivity index (χ2n) is 9.16. The Morgan fingerprint density at radius 1 is 1.15 bits per heavy atom. The molecule has 0 saturated carbocycles. The Hall–Kier alpha value is -3.03. The number of hydrogen-bond donors (Lipinski definition) is 0. The molecular weight excluding hydrogens is 416 g/mol. The molecule has 33 heavy (non-hydrogen) atoms. The third kappa shape index (κ3) is 4.07. The Labute approximate surface area is 193 Å². The monoisotopic (exact) mass is 446 g/mol. The number of aromatic nitrogens is 2. The maximum atomic E-state index is 13.3. The van der Waals surface area contributed by atoms with Crippen LogP contribution in [-0.2, 0) is 16.1 Å². The lowest BCUT2D eigenvalue weighted by molar-refractivity contribution is -0.151. The quantitative estimate of drug-likeness (QED) is 0.439. The Bertz CT molecular complexity index is 1270. The van der Waals surface area contributed by atoms with Gasteiger partial charge < -0.3 is 14.2 Å². The van der Waals surface area contributed by atoms with Crippen LogP contribution in [-0.4, -0.2) is 65.1 Å². The molecule has 4 heterocycles. The molecule has 0 spiro atoms. The van der Waals surface area contributed by atoms with E-state index < -0.39 is 6.10 Å². The van der Waals surface area contributed by atoms with Crippen LogP contribution in [0.15, 0.2) is 41.2 Å². The Morgan fingerprint density at radius 3 is 2.67 bits per heavy atom. The van der Waals surface area contributed by atoms with Crippen molar-refractivity contribution in [2.45, 2.75) is 32.9 Å². The number of fused-ring (bicyclic) bond motifs is 4. The zero-order valence-electron chi connectivity index (χ0n) is 19.5. The van der Waals surface area contributed by atoms with E-state index in [0.29, 0.717) is 18.5 Å². The summed E-state index contributed by atoms with van der Waals surface area (Å²) >= 11 is 0. The maximum Gasteiger partial charge on any atom is 0.320 e. The van der Waals surface area contributed by atoms with Gasteiger partial charge >= 0.3 is 5.97 Å². The molecule has 2 aromatic heterocycles. The van der Waals surface area contributed by atoms with Gasteiger partial charge in [0.1, 0.15) is 6.10 Å². The van der Waals surface area contributed by atoms with Crippen molar-refractivity contribution < 1.29 is 9.53 Å². The third-order valence-corrected chi connectivity index (χ3v) is 6.90. The molecular formula is C26H30N4O3. The third-order valence-electron chi connectivity index (χ3n) is 6.90. The molecule has 172 valence electrons. The van der Waals surface area contributed by atoms with Gasteiger partial charge in [-0.15, -0.1) is 0 Å². The standard InChI is InChI=1S/C26H30N4O3/c1-4-23(33-24(31)16-29-11-9-28(3)10-12-29)20-14-22-25-19(15-30(22)26(32)17(20)2)13-18-7-5-6-8-21(18)27-25/h5-8,13-14,23H,4,9-12,15-16H2,1-3H3. The minimum atomic E-state index is -0.451. The molecule has 0 bridgehead atoms. The lowest BCUT2D eigenvalue weighted by Crippen LogP contribution is -2.46. The molecule has 0 amide bonds. The van der Waals surface area contributed by atoms with Gasteiger partial charge in [-0.25, -0.2) is 4.98 Å². The smallest absolute Gasteiger partial charge is 0.320 e. The number of nitrogens with zero attached hydrogens (tertiary/aromatic N) is 4. The molecule has 2 aliphatic heterocycles. The lowest BCUT2D eigenvalue weighted by Gasteiger charge is -2.32. The van der Waals surface area contributed by atoms with Crippen LogP contribution in [0.1, 0.15) is 36.1 Å². The summed E-state index contributed by atoms with van der Waals surface area (Å²) < 4.78 is 7.69. The van der Waals surface area contributed by atoms with Crippen molar-refractivity contribution in [3.05, 3.63) is 63.4 Å². The average molecular weight is 447 g/mol. The van der Waals surface area contributed by atoms with E-state index in [1.54, 1.807) is 4.57 Å². The van der Waals surface area contributed by atoms with Crippen molar-refractivity contribution in [1.29, 1.82) is 0 Å². The van der Waals surface area contributed by atoms with Crippen LogP contribution in [0.5, 0.6) is 0 Å². The second kappa shape index (κ2) is 8.72. The van der Waals surface area contributed by atoms with Gasteiger partial charge in [-0.3, -0.25) is 14.5 Å². The zero-order chi connectivity index (χ0) is 23.1. The number of esters is 1. The van der Waals surface area contributed by atoms with Gasteiger partial charge in [0.15, 0.2) is 0 Å². The summed E-state index contributed by atoms with van der Waals surface area (Å²) in [4.78, 5) is 35.3. The first-order valence-electron chi connectivity index (χ1n) is 11.7. The van der Waals surface area contributed by atoms with E-state index in [4.69, 9.17) is 9.72 Å². The van der Waals surface area contributed by atoms with E-state index in [1.807, 2.05) is 44.2 Å². The van der Waals surface area contributed by atoms with Crippen LogP contribution in [0.25, 0.3) is 22.3 Å². The molecule has 1 aromatic carbocycles. The molecule has 1 unspecified atom stereocenters. The van der Waals surface area contributed by atoms with Gasteiger partial charge in [0.2, 0.25) is 0 Å². The molecule has 1 atom stereocenters. The fourth-order valence-electron chi connectivity index (χ4n) is 4.88. The van der Waals surface area contributed by atoms with Crippen molar-refractivity contribution in [3.63, 3.8) is 0 Å². The number of benzene rings is 1. The van der Waals surface area contributed by atoms with E-state index >= 15 is 0 Å². The van der Waals surface area contributed by atoms with Crippen LogP contribution in [0.3, 0.4) is 0 Å². The molecule has 7 nitrogen and oxygen atoms in total. The van der Waals surface area contributed by atoms with E-state index in [-0.39, 0.29) is 18.1 Å². The summed E-state index contributed by atoms with van der Waals surface area (Å²) in [6.45, 7) is 8.23. The van der Waals surface area contributed by atoms with Gasteiger partial charge in [-0.05, 0) is 38.6 Å². The zero-order valence-corrected chi connectivity index (χ0v) is 19.5. The van der Waals surface area contributed by atoms with Gasteiger partial charge in [0.25, 0.3) is 5.56 Å². The van der Waals surface area contributed by atoms with E-state index in [2.05, 4.69) is 22.9 Å². The normalized spacial score (nSPS) is 17.1. The summed E-state index contributed by atoms with van der Waals surface area (Å²) in [7, 11) is 2.09. The van der Waals surface area contributed by atoms with Crippen molar-refractivity contribution in [2.75, 3.05) is 39.8 Å². The number of rotatable bonds is 5. The van der Waals surface area contributed by atoms with Crippen molar-refractivity contribution in [1.82, 2.24) is 19.4 Å². The fraction of sp³-hybridized carbons (Fsp3) is 0.423. The highest BCUT2D eigenvalue weighted by atomic mass is 16.5. The molecule has 1 fully saturated rings. The molecule has 7 heteroatoms. The predicted octanol–water partition coefficient (Wildman–Crippen LogP) is 2.98. The fourth-order valence-corrected chi connectivity index (χ4v) is 4.88. The highest BCUT2D eigenvalue weighted by molar-refractivity contribution is 5.84. The van der Waals surface area contributed by atoms with Crippen LogP contribution in [0, 0.1) is 6.92 Å². The van der Waals surface area contributed by atoms with Crippen LogP contribution < -0.4 is 5.56 Å². The minimum Gasteiger partial charge on any atom is -0.457 e. The Kier molecular flexibility index (Phi) is 5.76. The highest BCUT2D eigenvalue weighted by Gasteiger charge is 2.28. The number of likely N-dealkylation sites (N-methyl/N-ethyl adjacent to an activating group) is 1. The van der Waals surface area contributed by atoms with Gasteiger partial charge in [0.05, 0.1) is 30.0 Å². The summed E-state index contributed by atoms with van der Waals surface area (Å²) in [5.74, 6) is -0.240. The van der Waals surface area contributed by atoms with E-state index in [9.17, 15) is 9.59 Å². The topological polar surface area (TPSA) is 67.7 Å². The van der Waals surface area contributed by atoms with Crippen LogP contribution in [0.2, 0.25) is 0 Å². The van der Waals surface area contributed by atoms with Crippen molar-refractivity contribution >= 4 is 16.9 Å².